The number of anilines is 1. The quantitative estimate of drug-likeness (QED) is 0.709. The Kier molecular flexibility index (Phi) is 6.86. The van der Waals surface area contributed by atoms with E-state index in [1.165, 1.54) is 0 Å². The molecule has 0 unspecified atom stereocenters. The van der Waals surface area contributed by atoms with E-state index in [0.717, 1.165) is 24.5 Å². The summed E-state index contributed by atoms with van der Waals surface area (Å²) in [5, 5.41) is 0. The number of para-hydroxylation sites is 2. The number of carbonyl (C=O) groups excluding carboxylic acids is 1. The van der Waals surface area contributed by atoms with Gasteiger partial charge in [0.15, 0.2) is 11.5 Å². The van der Waals surface area contributed by atoms with Crippen molar-refractivity contribution in [3.05, 3.63) is 48.0 Å². The average Bonchev–Trinajstić information content (AvgIpc) is 2.74. The van der Waals surface area contributed by atoms with Gasteiger partial charge in [-0.25, -0.2) is 0 Å². The van der Waals surface area contributed by atoms with Crippen molar-refractivity contribution in [3.8, 4) is 17.2 Å². The van der Waals surface area contributed by atoms with Crippen molar-refractivity contribution in [3.63, 3.8) is 0 Å². The van der Waals surface area contributed by atoms with Crippen molar-refractivity contribution in [1.29, 1.82) is 0 Å². The second-order valence-electron chi connectivity index (χ2n) is 7.21. The number of rotatable bonds is 7. The monoisotopic (exact) mass is 398 g/mol. The summed E-state index contributed by atoms with van der Waals surface area (Å²) in [7, 11) is 1.59. The third kappa shape index (κ3) is 4.94. The summed E-state index contributed by atoms with van der Waals surface area (Å²) in [4.78, 5) is 17.2. The molecule has 2 aromatic carbocycles. The molecule has 2 aromatic rings. The van der Waals surface area contributed by atoms with Gasteiger partial charge in [0.25, 0.3) is 5.91 Å². The minimum absolute atomic E-state index is 0.0112. The Labute approximate surface area is 173 Å². The van der Waals surface area contributed by atoms with E-state index >= 15 is 0 Å². The Balaban J connectivity index is 1.67. The van der Waals surface area contributed by atoms with E-state index in [9.17, 15) is 4.79 Å². The fourth-order valence-corrected chi connectivity index (χ4v) is 3.48. The first kappa shape index (κ1) is 20.8. The number of benzene rings is 2. The van der Waals surface area contributed by atoms with Crippen LogP contribution in [0.1, 0.15) is 31.1 Å². The maximum absolute atomic E-state index is 13.0. The summed E-state index contributed by atoms with van der Waals surface area (Å²) in [6, 6.07) is 13.4. The molecule has 1 saturated heterocycles. The topological polar surface area (TPSA) is 51.2 Å². The molecule has 0 saturated carbocycles. The number of hydrogen-bond acceptors (Lipinski definition) is 5. The van der Waals surface area contributed by atoms with Gasteiger partial charge >= 0.3 is 0 Å². The summed E-state index contributed by atoms with van der Waals surface area (Å²) in [5.41, 5.74) is 1.69. The maximum Gasteiger partial charge on any atom is 0.254 e. The number of piperazine rings is 1. The van der Waals surface area contributed by atoms with E-state index < -0.39 is 0 Å². The lowest BCUT2D eigenvalue weighted by Gasteiger charge is -2.36. The zero-order valence-electron chi connectivity index (χ0n) is 17.7. The molecular formula is C23H30N2O4. The van der Waals surface area contributed by atoms with Crippen molar-refractivity contribution < 1.29 is 19.0 Å². The molecule has 0 aliphatic carbocycles. The van der Waals surface area contributed by atoms with Crippen LogP contribution in [-0.4, -0.2) is 56.8 Å². The van der Waals surface area contributed by atoms with Crippen LogP contribution in [0.15, 0.2) is 42.5 Å². The smallest absolute Gasteiger partial charge is 0.254 e. The van der Waals surface area contributed by atoms with Crippen molar-refractivity contribution in [2.75, 3.05) is 44.8 Å². The maximum atomic E-state index is 13.0. The van der Waals surface area contributed by atoms with Gasteiger partial charge in [-0.05, 0) is 51.1 Å². The molecule has 0 N–H and O–H groups in total. The van der Waals surface area contributed by atoms with Crippen LogP contribution < -0.4 is 19.1 Å². The van der Waals surface area contributed by atoms with E-state index in [2.05, 4.69) is 11.0 Å². The molecule has 1 fully saturated rings. The van der Waals surface area contributed by atoms with Gasteiger partial charge in [-0.2, -0.15) is 0 Å². The molecule has 1 aliphatic rings. The fourth-order valence-electron chi connectivity index (χ4n) is 3.48. The van der Waals surface area contributed by atoms with Gasteiger partial charge in [-0.1, -0.05) is 12.1 Å². The highest BCUT2D eigenvalue weighted by molar-refractivity contribution is 5.95. The molecule has 6 nitrogen and oxygen atoms in total. The first-order valence-electron chi connectivity index (χ1n) is 10.1. The summed E-state index contributed by atoms with van der Waals surface area (Å²) in [6.45, 7) is 9.39. The highest BCUT2D eigenvalue weighted by Crippen LogP contribution is 2.31. The summed E-state index contributed by atoms with van der Waals surface area (Å²) in [5.74, 6) is 2.13. The Morgan fingerprint density at radius 2 is 1.72 bits per heavy atom. The van der Waals surface area contributed by atoms with E-state index in [1.807, 2.05) is 43.9 Å². The average molecular weight is 399 g/mol. The van der Waals surface area contributed by atoms with Gasteiger partial charge in [0, 0.05) is 31.7 Å². The number of carbonyl (C=O) groups is 1. The van der Waals surface area contributed by atoms with Crippen LogP contribution in [0.3, 0.4) is 0 Å². The van der Waals surface area contributed by atoms with Crippen molar-refractivity contribution in [1.82, 2.24) is 4.90 Å². The van der Waals surface area contributed by atoms with Gasteiger partial charge < -0.3 is 24.0 Å². The van der Waals surface area contributed by atoms with Crippen LogP contribution in [0, 0.1) is 0 Å². The molecule has 1 amide bonds. The van der Waals surface area contributed by atoms with Gasteiger partial charge in [-0.15, -0.1) is 0 Å². The Bertz CT molecular complexity index is 829. The molecule has 0 radical (unpaired) electrons. The van der Waals surface area contributed by atoms with Gasteiger partial charge in [0.2, 0.25) is 0 Å². The summed E-state index contributed by atoms with van der Waals surface area (Å²) >= 11 is 0. The molecule has 0 aromatic heterocycles. The number of amides is 1. The molecule has 1 aliphatic heterocycles. The number of nitrogens with zero attached hydrogens (tertiary/aromatic N) is 2. The van der Waals surface area contributed by atoms with E-state index in [-0.39, 0.29) is 12.0 Å². The zero-order chi connectivity index (χ0) is 20.8. The van der Waals surface area contributed by atoms with Crippen LogP contribution >= 0.6 is 0 Å². The normalized spacial score (nSPS) is 14.1. The van der Waals surface area contributed by atoms with Crippen LogP contribution in [-0.2, 0) is 0 Å². The summed E-state index contributed by atoms with van der Waals surface area (Å²) < 4.78 is 16.9. The molecule has 0 atom stereocenters. The van der Waals surface area contributed by atoms with Gasteiger partial charge in [0.05, 0.1) is 25.5 Å². The predicted molar refractivity (Wildman–Crippen MR) is 114 cm³/mol. The lowest BCUT2D eigenvalue weighted by atomic mass is 10.1. The third-order valence-corrected chi connectivity index (χ3v) is 4.85. The van der Waals surface area contributed by atoms with Gasteiger partial charge in [-0.3, -0.25) is 4.79 Å². The van der Waals surface area contributed by atoms with Crippen LogP contribution in [0.5, 0.6) is 17.2 Å². The lowest BCUT2D eigenvalue weighted by molar-refractivity contribution is 0.0746. The second-order valence-corrected chi connectivity index (χ2v) is 7.21. The fraction of sp³-hybridized carbons (Fsp3) is 0.435. The molecule has 156 valence electrons. The number of hydrogen-bond donors (Lipinski definition) is 0. The predicted octanol–water partition coefficient (Wildman–Crippen LogP) is 3.84. The standard InChI is InChI=1S/C23H30N2O4/c1-5-28-20-9-7-6-8-19(20)24-12-14-25(15-13-24)23(26)18-10-11-21(29-17(2)3)22(16-18)27-4/h6-11,16-17H,5,12-15H2,1-4H3. The highest BCUT2D eigenvalue weighted by atomic mass is 16.5. The minimum atomic E-state index is 0.0112. The van der Waals surface area contributed by atoms with Crippen molar-refractivity contribution in [2.24, 2.45) is 0 Å². The van der Waals surface area contributed by atoms with Gasteiger partial charge in [0.1, 0.15) is 5.75 Å². The number of ether oxygens (including phenoxy) is 3. The highest BCUT2D eigenvalue weighted by Gasteiger charge is 2.24. The first-order valence-corrected chi connectivity index (χ1v) is 10.1. The molecule has 29 heavy (non-hydrogen) atoms. The SMILES string of the molecule is CCOc1ccccc1N1CCN(C(=O)c2ccc(OC(C)C)c(OC)c2)CC1. The van der Waals surface area contributed by atoms with Crippen LogP contribution in [0.4, 0.5) is 5.69 Å². The van der Waals surface area contributed by atoms with E-state index in [0.29, 0.717) is 36.8 Å². The zero-order valence-corrected chi connectivity index (χ0v) is 17.7. The largest absolute Gasteiger partial charge is 0.493 e. The molecule has 0 bridgehead atoms. The number of methoxy groups -OCH3 is 1. The molecule has 6 heteroatoms. The third-order valence-electron chi connectivity index (χ3n) is 4.85. The van der Waals surface area contributed by atoms with Crippen molar-refractivity contribution in [2.45, 2.75) is 26.9 Å². The van der Waals surface area contributed by atoms with E-state index in [1.54, 1.807) is 25.3 Å². The Morgan fingerprint density at radius 1 is 1.00 bits per heavy atom. The molecule has 1 heterocycles. The summed E-state index contributed by atoms with van der Waals surface area (Å²) in [6.07, 6.45) is 0.0399. The Morgan fingerprint density at radius 3 is 2.38 bits per heavy atom. The Hall–Kier alpha value is -2.89. The minimum Gasteiger partial charge on any atom is -0.493 e. The molecule has 0 spiro atoms. The van der Waals surface area contributed by atoms with E-state index in [4.69, 9.17) is 14.2 Å². The second kappa shape index (κ2) is 9.54. The van der Waals surface area contributed by atoms with Crippen LogP contribution in [0.25, 0.3) is 0 Å². The van der Waals surface area contributed by atoms with Crippen molar-refractivity contribution >= 4 is 11.6 Å². The van der Waals surface area contributed by atoms with Crippen LogP contribution in [0.2, 0.25) is 0 Å². The molecule has 3 rings (SSSR count). The lowest BCUT2D eigenvalue weighted by Crippen LogP contribution is -2.48. The molecular weight excluding hydrogens is 368 g/mol. The first-order chi connectivity index (χ1) is 14.0.